The van der Waals surface area contributed by atoms with Crippen molar-refractivity contribution in [2.75, 3.05) is 26.9 Å². The summed E-state index contributed by atoms with van der Waals surface area (Å²) < 4.78 is 45.2. The third kappa shape index (κ3) is 9.23. The van der Waals surface area contributed by atoms with Crippen LogP contribution in [0.4, 0.5) is 13.2 Å². The van der Waals surface area contributed by atoms with E-state index in [4.69, 9.17) is 4.74 Å². The van der Waals surface area contributed by atoms with Crippen LogP contribution in [-0.4, -0.2) is 45.1 Å². The lowest BCUT2D eigenvalue weighted by Crippen LogP contribution is -2.41. The summed E-state index contributed by atoms with van der Waals surface area (Å²) in [5.41, 5.74) is 0. The summed E-state index contributed by atoms with van der Waals surface area (Å²) in [5, 5.41) is 2.91. The number of alkyl halides is 3. The lowest BCUT2D eigenvalue weighted by atomic mass is 10.3. The first-order chi connectivity index (χ1) is 8.40. The minimum absolute atomic E-state index is 0.0184. The molecule has 18 heavy (non-hydrogen) atoms. The summed E-state index contributed by atoms with van der Waals surface area (Å²) >= 11 is 0. The van der Waals surface area contributed by atoms with Gasteiger partial charge in [-0.3, -0.25) is 4.79 Å². The molecule has 0 rings (SSSR count). The van der Waals surface area contributed by atoms with Crippen LogP contribution in [0.25, 0.3) is 0 Å². The SMILES string of the molecule is CCCNC(COCCCC(F)(F)F)C(=O)OC. The van der Waals surface area contributed by atoms with Gasteiger partial charge in [0.15, 0.2) is 0 Å². The number of ether oxygens (including phenoxy) is 2. The number of nitrogens with one attached hydrogen (secondary N) is 1. The topological polar surface area (TPSA) is 47.6 Å². The molecule has 0 aromatic heterocycles. The van der Waals surface area contributed by atoms with Crippen molar-refractivity contribution in [2.45, 2.75) is 38.4 Å². The molecule has 0 aromatic rings. The molecule has 0 radical (unpaired) electrons. The number of hydrogen-bond acceptors (Lipinski definition) is 4. The maximum absolute atomic E-state index is 11.8. The third-order valence-corrected chi connectivity index (χ3v) is 2.16. The Morgan fingerprint density at radius 1 is 1.39 bits per heavy atom. The monoisotopic (exact) mass is 271 g/mol. The number of halogens is 3. The molecule has 0 aliphatic rings. The Bertz CT molecular complexity index is 234. The molecule has 1 atom stereocenters. The van der Waals surface area contributed by atoms with Gasteiger partial charge in [-0.2, -0.15) is 13.2 Å². The Kier molecular flexibility index (Phi) is 8.74. The summed E-state index contributed by atoms with van der Waals surface area (Å²) in [7, 11) is 1.26. The van der Waals surface area contributed by atoms with Crippen molar-refractivity contribution >= 4 is 5.97 Å². The number of hydrogen-bond donors (Lipinski definition) is 1. The van der Waals surface area contributed by atoms with E-state index < -0.39 is 24.6 Å². The molecule has 1 unspecified atom stereocenters. The molecule has 0 spiro atoms. The van der Waals surface area contributed by atoms with E-state index in [2.05, 4.69) is 10.1 Å². The van der Waals surface area contributed by atoms with Crippen LogP contribution in [0.1, 0.15) is 26.2 Å². The second-order valence-corrected chi connectivity index (χ2v) is 3.82. The molecule has 0 amide bonds. The van der Waals surface area contributed by atoms with Crippen molar-refractivity contribution in [2.24, 2.45) is 0 Å². The average Bonchev–Trinajstić information content (AvgIpc) is 2.30. The Morgan fingerprint density at radius 2 is 2.06 bits per heavy atom. The maximum atomic E-state index is 11.8. The molecule has 0 saturated carbocycles. The zero-order valence-electron chi connectivity index (χ0n) is 10.7. The molecule has 1 N–H and O–H groups in total. The number of carbonyl (C=O) groups is 1. The lowest BCUT2D eigenvalue weighted by molar-refractivity contribution is -0.146. The quantitative estimate of drug-likeness (QED) is 0.514. The van der Waals surface area contributed by atoms with Gasteiger partial charge in [0.05, 0.1) is 13.7 Å². The van der Waals surface area contributed by atoms with Crippen LogP contribution in [-0.2, 0) is 14.3 Å². The van der Waals surface area contributed by atoms with Crippen molar-refractivity contribution in [1.82, 2.24) is 5.32 Å². The van der Waals surface area contributed by atoms with Gasteiger partial charge >= 0.3 is 12.1 Å². The standard InChI is InChI=1S/C11H20F3NO3/c1-3-6-15-9(10(16)17-2)8-18-7-4-5-11(12,13)14/h9,15H,3-8H2,1-2H3. The van der Waals surface area contributed by atoms with E-state index >= 15 is 0 Å². The number of esters is 1. The van der Waals surface area contributed by atoms with Crippen LogP contribution in [0.3, 0.4) is 0 Å². The molecule has 0 aromatic carbocycles. The highest BCUT2D eigenvalue weighted by Gasteiger charge is 2.26. The van der Waals surface area contributed by atoms with Crippen LogP contribution in [0.15, 0.2) is 0 Å². The second-order valence-electron chi connectivity index (χ2n) is 3.82. The van der Waals surface area contributed by atoms with Crippen molar-refractivity contribution in [3.05, 3.63) is 0 Å². The van der Waals surface area contributed by atoms with Crippen molar-refractivity contribution < 1.29 is 27.4 Å². The Morgan fingerprint density at radius 3 is 2.56 bits per heavy atom. The van der Waals surface area contributed by atoms with Gasteiger partial charge in [-0.25, -0.2) is 0 Å². The molecular weight excluding hydrogens is 251 g/mol. The summed E-state index contributed by atoms with van der Waals surface area (Å²) in [5.74, 6) is -0.473. The Labute approximate surface area is 105 Å². The molecule has 0 heterocycles. The van der Waals surface area contributed by atoms with E-state index in [1.54, 1.807) is 0 Å². The van der Waals surface area contributed by atoms with E-state index in [0.29, 0.717) is 6.54 Å². The first-order valence-corrected chi connectivity index (χ1v) is 5.86. The second kappa shape index (κ2) is 9.16. The first kappa shape index (κ1) is 17.2. The Balaban J connectivity index is 3.79. The smallest absolute Gasteiger partial charge is 0.389 e. The van der Waals surface area contributed by atoms with Crippen molar-refractivity contribution in [3.8, 4) is 0 Å². The number of rotatable bonds is 9. The van der Waals surface area contributed by atoms with E-state index in [1.807, 2.05) is 6.92 Å². The third-order valence-electron chi connectivity index (χ3n) is 2.16. The van der Waals surface area contributed by atoms with E-state index in [1.165, 1.54) is 7.11 Å². The molecular formula is C11H20F3NO3. The highest BCUT2D eigenvalue weighted by molar-refractivity contribution is 5.75. The van der Waals surface area contributed by atoms with Crippen LogP contribution in [0.2, 0.25) is 0 Å². The van der Waals surface area contributed by atoms with Gasteiger partial charge in [-0.1, -0.05) is 6.92 Å². The predicted molar refractivity (Wildman–Crippen MR) is 60.2 cm³/mol. The fourth-order valence-electron chi connectivity index (χ4n) is 1.25. The predicted octanol–water partition coefficient (Wildman–Crippen LogP) is 1.89. The van der Waals surface area contributed by atoms with Gasteiger partial charge in [0.1, 0.15) is 6.04 Å². The summed E-state index contributed by atoms with van der Waals surface area (Å²) in [4.78, 5) is 11.3. The Hall–Kier alpha value is -0.820. The lowest BCUT2D eigenvalue weighted by Gasteiger charge is -2.16. The average molecular weight is 271 g/mol. The maximum Gasteiger partial charge on any atom is 0.389 e. The van der Waals surface area contributed by atoms with E-state index in [-0.39, 0.29) is 19.6 Å². The molecule has 0 aliphatic carbocycles. The first-order valence-electron chi connectivity index (χ1n) is 5.86. The summed E-state index contributed by atoms with van der Waals surface area (Å²) in [6.45, 7) is 2.54. The molecule has 108 valence electrons. The van der Waals surface area contributed by atoms with Crippen LogP contribution in [0, 0.1) is 0 Å². The fraction of sp³-hybridized carbons (Fsp3) is 0.909. The highest BCUT2D eigenvalue weighted by atomic mass is 19.4. The van der Waals surface area contributed by atoms with Gasteiger partial charge in [0.2, 0.25) is 0 Å². The van der Waals surface area contributed by atoms with E-state index in [9.17, 15) is 18.0 Å². The fourth-order valence-corrected chi connectivity index (χ4v) is 1.25. The van der Waals surface area contributed by atoms with Gasteiger partial charge in [-0.05, 0) is 19.4 Å². The van der Waals surface area contributed by atoms with Crippen molar-refractivity contribution in [1.29, 1.82) is 0 Å². The molecule has 4 nitrogen and oxygen atoms in total. The van der Waals surface area contributed by atoms with Crippen molar-refractivity contribution in [3.63, 3.8) is 0 Å². The molecule has 0 aliphatic heterocycles. The number of methoxy groups -OCH3 is 1. The number of carbonyl (C=O) groups excluding carboxylic acids is 1. The summed E-state index contributed by atoms with van der Waals surface area (Å²) in [6, 6.07) is -0.624. The zero-order valence-corrected chi connectivity index (χ0v) is 10.7. The largest absolute Gasteiger partial charge is 0.468 e. The minimum Gasteiger partial charge on any atom is -0.468 e. The molecule has 0 saturated heterocycles. The van der Waals surface area contributed by atoms with E-state index in [0.717, 1.165) is 6.42 Å². The van der Waals surface area contributed by atoms with Gasteiger partial charge < -0.3 is 14.8 Å². The molecule has 0 fully saturated rings. The molecule has 7 heteroatoms. The minimum atomic E-state index is -4.16. The zero-order chi connectivity index (χ0) is 14.0. The van der Waals surface area contributed by atoms with Gasteiger partial charge in [0.25, 0.3) is 0 Å². The van der Waals surface area contributed by atoms with Crippen LogP contribution in [0.5, 0.6) is 0 Å². The van der Waals surface area contributed by atoms with Gasteiger partial charge in [-0.15, -0.1) is 0 Å². The highest BCUT2D eigenvalue weighted by Crippen LogP contribution is 2.20. The summed E-state index contributed by atoms with van der Waals surface area (Å²) in [6.07, 6.45) is -4.31. The molecule has 0 bridgehead atoms. The van der Waals surface area contributed by atoms with Crippen LogP contribution >= 0.6 is 0 Å². The van der Waals surface area contributed by atoms with Crippen LogP contribution < -0.4 is 5.32 Å². The van der Waals surface area contributed by atoms with Gasteiger partial charge in [0, 0.05) is 13.0 Å². The normalized spacial score (nSPS) is 13.4.